The number of amides is 2. The van der Waals surface area contributed by atoms with Gasteiger partial charge in [-0.3, -0.25) is 14.7 Å². The van der Waals surface area contributed by atoms with E-state index in [-0.39, 0.29) is 41.2 Å². The first-order valence-corrected chi connectivity index (χ1v) is 13.3. The van der Waals surface area contributed by atoms with Gasteiger partial charge in [0.1, 0.15) is 22.9 Å². The SMILES string of the molecule is CC(CO)Nc1n[nH]c2nccc(Oc3ccc(NC(=O)C4CC5(CC5)CN(c5ccc(F)cc5)C4=O)cc3F)c12. The molecule has 1 aliphatic carbocycles. The third-order valence-electron chi connectivity index (χ3n) is 7.61. The second-order valence-corrected chi connectivity index (χ2v) is 10.7. The minimum Gasteiger partial charge on any atom is -0.453 e. The molecule has 2 fully saturated rings. The van der Waals surface area contributed by atoms with Crippen molar-refractivity contribution < 1.29 is 28.2 Å². The number of nitrogens with one attached hydrogen (secondary N) is 3. The van der Waals surface area contributed by atoms with E-state index in [9.17, 15) is 19.1 Å². The fourth-order valence-corrected chi connectivity index (χ4v) is 5.17. The summed E-state index contributed by atoms with van der Waals surface area (Å²) in [7, 11) is 0. The Kier molecular flexibility index (Phi) is 6.78. The molecule has 6 rings (SSSR count). The number of hydrogen-bond acceptors (Lipinski definition) is 7. The first-order valence-electron chi connectivity index (χ1n) is 13.3. The lowest BCUT2D eigenvalue weighted by Gasteiger charge is -2.37. The largest absolute Gasteiger partial charge is 0.453 e. The van der Waals surface area contributed by atoms with Crippen molar-refractivity contribution in [3.63, 3.8) is 0 Å². The van der Waals surface area contributed by atoms with Gasteiger partial charge in [0.2, 0.25) is 11.8 Å². The molecule has 2 aromatic carbocycles. The zero-order valence-electron chi connectivity index (χ0n) is 22.2. The maximum absolute atomic E-state index is 15.2. The quantitative estimate of drug-likeness (QED) is 0.231. The monoisotopic (exact) mass is 562 g/mol. The molecule has 0 bridgehead atoms. The lowest BCUT2D eigenvalue weighted by molar-refractivity contribution is -0.133. The number of aliphatic hydroxyl groups is 1. The van der Waals surface area contributed by atoms with Crippen molar-refractivity contribution in [3.8, 4) is 11.5 Å². The number of carbonyl (C=O) groups excluding carboxylic acids is 2. The summed E-state index contributed by atoms with van der Waals surface area (Å²) in [6.07, 6.45) is 3.70. The van der Waals surface area contributed by atoms with E-state index in [2.05, 4.69) is 25.8 Å². The van der Waals surface area contributed by atoms with E-state index in [0.29, 0.717) is 35.5 Å². The average molecular weight is 563 g/mol. The van der Waals surface area contributed by atoms with Crippen LogP contribution in [0.4, 0.5) is 26.0 Å². The van der Waals surface area contributed by atoms with Crippen LogP contribution in [0.1, 0.15) is 26.2 Å². The number of carbonyl (C=O) groups is 2. The summed E-state index contributed by atoms with van der Waals surface area (Å²) >= 11 is 0. The highest BCUT2D eigenvalue weighted by atomic mass is 19.1. The number of piperidine rings is 1. The molecule has 0 radical (unpaired) electrons. The maximum atomic E-state index is 15.2. The Morgan fingerprint density at radius 3 is 2.68 bits per heavy atom. The molecule has 4 N–H and O–H groups in total. The molecule has 41 heavy (non-hydrogen) atoms. The van der Waals surface area contributed by atoms with Crippen LogP contribution in [0.25, 0.3) is 11.0 Å². The van der Waals surface area contributed by atoms with E-state index in [4.69, 9.17) is 4.74 Å². The van der Waals surface area contributed by atoms with Crippen LogP contribution in [0.15, 0.2) is 54.7 Å². The van der Waals surface area contributed by atoms with Gasteiger partial charge in [-0.1, -0.05) is 0 Å². The fourth-order valence-electron chi connectivity index (χ4n) is 5.17. The molecular weight excluding hydrogens is 534 g/mol. The first-order chi connectivity index (χ1) is 19.7. The molecule has 10 nitrogen and oxygen atoms in total. The number of aromatic nitrogens is 3. The number of aromatic amines is 1. The van der Waals surface area contributed by atoms with Crippen molar-refractivity contribution in [2.24, 2.45) is 11.3 Å². The lowest BCUT2D eigenvalue weighted by atomic mass is 9.85. The third-order valence-corrected chi connectivity index (χ3v) is 7.61. The van der Waals surface area contributed by atoms with Gasteiger partial charge in [-0.15, -0.1) is 0 Å². The van der Waals surface area contributed by atoms with Gasteiger partial charge in [-0.05, 0) is 68.0 Å². The smallest absolute Gasteiger partial charge is 0.239 e. The van der Waals surface area contributed by atoms with Crippen LogP contribution in [0.2, 0.25) is 0 Å². The van der Waals surface area contributed by atoms with Crippen LogP contribution in [-0.4, -0.2) is 51.3 Å². The molecule has 2 unspecified atom stereocenters. The number of hydrogen-bond donors (Lipinski definition) is 4. The van der Waals surface area contributed by atoms with E-state index in [1.54, 1.807) is 17.9 Å². The Morgan fingerprint density at radius 2 is 1.98 bits per heavy atom. The van der Waals surface area contributed by atoms with Crippen LogP contribution in [0.3, 0.4) is 0 Å². The predicted molar refractivity (Wildman–Crippen MR) is 148 cm³/mol. The molecule has 212 valence electrons. The number of halogens is 2. The van der Waals surface area contributed by atoms with Gasteiger partial charge in [-0.25, -0.2) is 13.8 Å². The zero-order valence-corrected chi connectivity index (χ0v) is 22.2. The molecule has 2 atom stereocenters. The average Bonchev–Trinajstić information content (AvgIpc) is 3.59. The topological polar surface area (TPSA) is 132 Å². The van der Waals surface area contributed by atoms with Gasteiger partial charge in [-0.2, -0.15) is 5.10 Å². The number of fused-ring (bicyclic) bond motifs is 1. The number of nitrogens with zero attached hydrogens (tertiary/aromatic N) is 3. The first kappa shape index (κ1) is 26.6. The minimum atomic E-state index is -0.950. The summed E-state index contributed by atoms with van der Waals surface area (Å²) in [6, 6.07) is 10.9. The van der Waals surface area contributed by atoms with Crippen LogP contribution < -0.4 is 20.3 Å². The Bertz CT molecular complexity index is 1620. The molecule has 1 saturated heterocycles. The van der Waals surface area contributed by atoms with Crippen LogP contribution in [0, 0.1) is 23.0 Å². The Balaban J connectivity index is 1.19. The Hall–Kier alpha value is -4.58. The van der Waals surface area contributed by atoms with Crippen LogP contribution in [-0.2, 0) is 9.59 Å². The summed E-state index contributed by atoms with van der Waals surface area (Å²) in [5, 5.41) is 22.5. The molecule has 2 amide bonds. The second-order valence-electron chi connectivity index (χ2n) is 10.7. The lowest BCUT2D eigenvalue weighted by Crippen LogP contribution is -2.50. The van der Waals surface area contributed by atoms with Crippen LogP contribution >= 0.6 is 0 Å². The number of aliphatic hydroxyl groups excluding tert-OH is 1. The summed E-state index contributed by atoms with van der Waals surface area (Å²) < 4.78 is 34.5. The molecular formula is C29H28F2N6O4. The van der Waals surface area contributed by atoms with Gasteiger partial charge in [0.05, 0.1) is 6.61 Å². The van der Waals surface area contributed by atoms with Gasteiger partial charge in [0.25, 0.3) is 0 Å². The normalized spacial score (nSPS) is 18.4. The number of anilines is 3. The van der Waals surface area contributed by atoms with Crippen LogP contribution in [0.5, 0.6) is 11.5 Å². The highest BCUT2D eigenvalue weighted by Crippen LogP contribution is 2.54. The van der Waals surface area contributed by atoms with Crippen molar-refractivity contribution >= 4 is 40.0 Å². The number of ether oxygens (including phenoxy) is 1. The van der Waals surface area contributed by atoms with E-state index < -0.39 is 23.5 Å². The summed E-state index contributed by atoms with van der Waals surface area (Å²) in [5.41, 5.74) is 0.997. The molecule has 1 saturated carbocycles. The van der Waals surface area contributed by atoms with Gasteiger partial charge < -0.3 is 25.4 Å². The van der Waals surface area contributed by atoms with Crippen molar-refractivity contribution in [1.82, 2.24) is 15.2 Å². The van der Waals surface area contributed by atoms with Crippen molar-refractivity contribution in [1.29, 1.82) is 0 Å². The molecule has 1 spiro atoms. The van der Waals surface area contributed by atoms with Crippen molar-refractivity contribution in [2.75, 3.05) is 28.7 Å². The number of H-pyrrole nitrogens is 1. The fraction of sp³-hybridized carbons (Fsp3) is 0.310. The summed E-state index contributed by atoms with van der Waals surface area (Å²) in [5.74, 6) is -2.38. The Labute approximate surface area is 233 Å². The third kappa shape index (κ3) is 5.30. The van der Waals surface area contributed by atoms with Gasteiger partial charge in [0, 0.05) is 42.3 Å². The highest BCUT2D eigenvalue weighted by Gasteiger charge is 2.53. The predicted octanol–water partition coefficient (Wildman–Crippen LogP) is 4.59. The molecule has 4 aromatic rings. The molecule has 12 heteroatoms. The van der Waals surface area contributed by atoms with E-state index in [1.807, 2.05) is 0 Å². The number of pyridine rings is 1. The van der Waals surface area contributed by atoms with E-state index >= 15 is 4.39 Å². The minimum absolute atomic E-state index is 0.0917. The van der Waals surface area contributed by atoms with E-state index in [0.717, 1.165) is 18.9 Å². The molecule has 2 aromatic heterocycles. The van der Waals surface area contributed by atoms with E-state index in [1.165, 1.54) is 42.6 Å². The highest BCUT2D eigenvalue weighted by molar-refractivity contribution is 6.12. The number of benzene rings is 2. The standard InChI is InChI=1S/C29H28F2N6O4/c1-16(14-38)33-26-24-23(8-11-32-25(24)35-36-26)41-22-7-4-18(12-21(22)31)34-27(39)20-13-29(9-10-29)15-37(28(20)40)19-5-2-17(30)3-6-19/h2-8,11-12,16,20,38H,9-10,13-15H2,1H3,(H,34,39)(H2,32,33,35,36). The summed E-state index contributed by atoms with van der Waals surface area (Å²) in [4.78, 5) is 32.4. The zero-order chi connectivity index (χ0) is 28.7. The van der Waals surface area contributed by atoms with Gasteiger partial charge in [0.15, 0.2) is 23.0 Å². The second kappa shape index (κ2) is 10.4. The van der Waals surface area contributed by atoms with Gasteiger partial charge >= 0.3 is 0 Å². The van der Waals surface area contributed by atoms with Crippen molar-refractivity contribution in [2.45, 2.75) is 32.2 Å². The summed E-state index contributed by atoms with van der Waals surface area (Å²) in [6.45, 7) is 2.14. The van der Waals surface area contributed by atoms with Crippen molar-refractivity contribution in [3.05, 3.63) is 66.4 Å². The molecule has 2 aliphatic rings. The molecule has 1 aliphatic heterocycles. The molecule has 3 heterocycles. The maximum Gasteiger partial charge on any atom is 0.239 e. The Morgan fingerprint density at radius 1 is 1.20 bits per heavy atom. The number of rotatable bonds is 8.